The standard InChI is InChI=1S/C13H18N4/c1-4-17(9(2)3)12-10-7-5-6-8-11(10)15-13(14)16-12/h5-9H,4H2,1-3H3,(H2,14,15,16). The number of nitrogen functional groups attached to an aromatic ring is 1. The molecule has 0 saturated heterocycles. The van der Waals surface area contributed by atoms with Crippen molar-refractivity contribution in [2.75, 3.05) is 17.2 Å². The van der Waals surface area contributed by atoms with Gasteiger partial charge in [-0.25, -0.2) is 4.98 Å². The molecule has 0 aliphatic rings. The molecule has 2 aromatic rings. The minimum Gasteiger partial charge on any atom is -0.368 e. The van der Waals surface area contributed by atoms with E-state index >= 15 is 0 Å². The Morgan fingerprint density at radius 3 is 2.59 bits per heavy atom. The molecule has 0 atom stereocenters. The lowest BCUT2D eigenvalue weighted by molar-refractivity contribution is 0.696. The second kappa shape index (κ2) is 4.57. The molecule has 0 fully saturated rings. The SMILES string of the molecule is CCN(c1nc(N)nc2ccccc12)C(C)C. The molecule has 0 spiro atoms. The molecule has 4 heteroatoms. The van der Waals surface area contributed by atoms with Gasteiger partial charge in [0, 0.05) is 18.0 Å². The highest BCUT2D eigenvalue weighted by molar-refractivity contribution is 5.90. The number of nitrogens with two attached hydrogens (primary N) is 1. The van der Waals surface area contributed by atoms with Gasteiger partial charge in [-0.15, -0.1) is 0 Å². The summed E-state index contributed by atoms with van der Waals surface area (Å²) in [5, 5.41) is 1.05. The second-order valence-corrected chi connectivity index (χ2v) is 4.30. The molecular formula is C13H18N4. The van der Waals surface area contributed by atoms with E-state index in [0.717, 1.165) is 23.3 Å². The highest BCUT2D eigenvalue weighted by Crippen LogP contribution is 2.25. The van der Waals surface area contributed by atoms with Crippen LogP contribution in [0.4, 0.5) is 11.8 Å². The van der Waals surface area contributed by atoms with Crippen molar-refractivity contribution in [3.05, 3.63) is 24.3 Å². The summed E-state index contributed by atoms with van der Waals surface area (Å²) in [5.41, 5.74) is 6.67. The smallest absolute Gasteiger partial charge is 0.222 e. The zero-order valence-electron chi connectivity index (χ0n) is 10.5. The zero-order valence-corrected chi connectivity index (χ0v) is 10.5. The Kier molecular flexibility index (Phi) is 3.13. The number of para-hydroxylation sites is 1. The quantitative estimate of drug-likeness (QED) is 0.880. The molecule has 1 aromatic carbocycles. The third-order valence-electron chi connectivity index (χ3n) is 2.84. The number of aromatic nitrogens is 2. The van der Waals surface area contributed by atoms with Crippen molar-refractivity contribution in [2.24, 2.45) is 0 Å². The molecule has 1 heterocycles. The van der Waals surface area contributed by atoms with Crippen molar-refractivity contribution in [1.82, 2.24) is 9.97 Å². The lowest BCUT2D eigenvalue weighted by Gasteiger charge is -2.27. The highest BCUT2D eigenvalue weighted by Gasteiger charge is 2.14. The Labute approximate surface area is 101 Å². The fraction of sp³-hybridized carbons (Fsp3) is 0.385. The van der Waals surface area contributed by atoms with Crippen LogP contribution < -0.4 is 10.6 Å². The van der Waals surface area contributed by atoms with E-state index in [-0.39, 0.29) is 0 Å². The van der Waals surface area contributed by atoms with Crippen LogP contribution in [0, 0.1) is 0 Å². The molecular weight excluding hydrogens is 212 g/mol. The molecule has 0 aliphatic heterocycles. The van der Waals surface area contributed by atoms with Crippen LogP contribution in [0.2, 0.25) is 0 Å². The molecule has 0 saturated carbocycles. The predicted octanol–water partition coefficient (Wildman–Crippen LogP) is 2.45. The maximum absolute atomic E-state index is 5.77. The zero-order chi connectivity index (χ0) is 12.4. The van der Waals surface area contributed by atoms with E-state index in [1.54, 1.807) is 0 Å². The van der Waals surface area contributed by atoms with Crippen LogP contribution in [0.1, 0.15) is 20.8 Å². The number of nitrogens with zero attached hydrogens (tertiary/aromatic N) is 3. The first-order valence-electron chi connectivity index (χ1n) is 5.92. The third kappa shape index (κ3) is 2.16. The van der Waals surface area contributed by atoms with Gasteiger partial charge in [0.2, 0.25) is 5.95 Å². The van der Waals surface area contributed by atoms with E-state index in [0.29, 0.717) is 12.0 Å². The van der Waals surface area contributed by atoms with Crippen LogP contribution in [-0.2, 0) is 0 Å². The number of anilines is 2. The van der Waals surface area contributed by atoms with Gasteiger partial charge in [-0.3, -0.25) is 0 Å². The first-order chi connectivity index (χ1) is 8.13. The Balaban J connectivity index is 2.66. The monoisotopic (exact) mass is 230 g/mol. The lowest BCUT2D eigenvalue weighted by atomic mass is 10.2. The molecule has 0 radical (unpaired) electrons. The van der Waals surface area contributed by atoms with Gasteiger partial charge in [-0.05, 0) is 32.9 Å². The van der Waals surface area contributed by atoms with Gasteiger partial charge in [-0.1, -0.05) is 12.1 Å². The average Bonchev–Trinajstić information content (AvgIpc) is 2.29. The second-order valence-electron chi connectivity index (χ2n) is 4.30. The van der Waals surface area contributed by atoms with Gasteiger partial charge in [-0.2, -0.15) is 4.98 Å². The summed E-state index contributed by atoms with van der Waals surface area (Å²) in [4.78, 5) is 10.9. The molecule has 17 heavy (non-hydrogen) atoms. The molecule has 90 valence electrons. The number of benzene rings is 1. The van der Waals surface area contributed by atoms with Crippen LogP contribution in [0.3, 0.4) is 0 Å². The van der Waals surface area contributed by atoms with Crippen LogP contribution in [0.25, 0.3) is 10.9 Å². The fourth-order valence-corrected chi connectivity index (χ4v) is 2.06. The van der Waals surface area contributed by atoms with Gasteiger partial charge in [0.05, 0.1) is 5.52 Å². The van der Waals surface area contributed by atoms with E-state index < -0.39 is 0 Å². The van der Waals surface area contributed by atoms with Gasteiger partial charge in [0.1, 0.15) is 5.82 Å². The molecule has 0 bridgehead atoms. The van der Waals surface area contributed by atoms with Gasteiger partial charge in [0.25, 0.3) is 0 Å². The lowest BCUT2D eigenvalue weighted by Crippen LogP contribution is -2.31. The van der Waals surface area contributed by atoms with E-state index in [1.165, 1.54) is 0 Å². The van der Waals surface area contributed by atoms with Crippen molar-refractivity contribution in [3.63, 3.8) is 0 Å². The minimum atomic E-state index is 0.331. The summed E-state index contributed by atoms with van der Waals surface area (Å²) in [6.07, 6.45) is 0. The van der Waals surface area contributed by atoms with Crippen molar-refractivity contribution >= 4 is 22.7 Å². The predicted molar refractivity (Wildman–Crippen MR) is 72.1 cm³/mol. The molecule has 1 aromatic heterocycles. The first-order valence-corrected chi connectivity index (χ1v) is 5.92. The highest BCUT2D eigenvalue weighted by atomic mass is 15.2. The summed E-state index contributed by atoms with van der Waals surface area (Å²) < 4.78 is 0. The normalized spacial score (nSPS) is 11.1. The Morgan fingerprint density at radius 1 is 1.24 bits per heavy atom. The van der Waals surface area contributed by atoms with Crippen molar-refractivity contribution in [3.8, 4) is 0 Å². The van der Waals surface area contributed by atoms with Gasteiger partial charge >= 0.3 is 0 Å². The number of fused-ring (bicyclic) bond motifs is 1. The molecule has 2 rings (SSSR count). The van der Waals surface area contributed by atoms with E-state index in [9.17, 15) is 0 Å². The summed E-state index contributed by atoms with van der Waals surface area (Å²) >= 11 is 0. The topological polar surface area (TPSA) is 55.0 Å². The summed E-state index contributed by atoms with van der Waals surface area (Å²) in [7, 11) is 0. The van der Waals surface area contributed by atoms with Crippen LogP contribution >= 0.6 is 0 Å². The Bertz CT molecular complexity index is 522. The molecule has 4 nitrogen and oxygen atoms in total. The van der Waals surface area contributed by atoms with E-state index in [1.807, 2.05) is 24.3 Å². The van der Waals surface area contributed by atoms with Crippen molar-refractivity contribution in [1.29, 1.82) is 0 Å². The fourth-order valence-electron chi connectivity index (χ4n) is 2.06. The average molecular weight is 230 g/mol. The van der Waals surface area contributed by atoms with Gasteiger partial charge < -0.3 is 10.6 Å². The summed E-state index contributed by atoms with van der Waals surface area (Å²) in [5.74, 6) is 1.25. The molecule has 0 amide bonds. The van der Waals surface area contributed by atoms with Crippen molar-refractivity contribution in [2.45, 2.75) is 26.8 Å². The van der Waals surface area contributed by atoms with Gasteiger partial charge in [0.15, 0.2) is 0 Å². The maximum Gasteiger partial charge on any atom is 0.222 e. The third-order valence-corrected chi connectivity index (χ3v) is 2.84. The van der Waals surface area contributed by atoms with Crippen LogP contribution in [0.15, 0.2) is 24.3 Å². The Hall–Kier alpha value is -1.84. The summed E-state index contributed by atoms with van der Waals surface area (Å²) in [6.45, 7) is 7.32. The van der Waals surface area contributed by atoms with E-state index in [4.69, 9.17) is 5.73 Å². The first kappa shape index (κ1) is 11.6. The molecule has 0 aliphatic carbocycles. The Morgan fingerprint density at radius 2 is 1.94 bits per heavy atom. The number of hydrogen-bond donors (Lipinski definition) is 1. The minimum absolute atomic E-state index is 0.331. The molecule has 2 N–H and O–H groups in total. The number of rotatable bonds is 3. The maximum atomic E-state index is 5.77. The summed E-state index contributed by atoms with van der Waals surface area (Å²) in [6, 6.07) is 8.35. The van der Waals surface area contributed by atoms with Crippen LogP contribution in [0.5, 0.6) is 0 Å². The van der Waals surface area contributed by atoms with Crippen LogP contribution in [-0.4, -0.2) is 22.6 Å². The number of hydrogen-bond acceptors (Lipinski definition) is 4. The largest absolute Gasteiger partial charge is 0.368 e. The molecule has 0 unspecified atom stereocenters. The van der Waals surface area contributed by atoms with E-state index in [2.05, 4.69) is 35.6 Å². The van der Waals surface area contributed by atoms with Crippen molar-refractivity contribution < 1.29 is 0 Å².